The predicted molar refractivity (Wildman–Crippen MR) is 72.8 cm³/mol. The van der Waals surface area contributed by atoms with Crippen molar-refractivity contribution in [2.45, 2.75) is 13.0 Å². The molecule has 1 heterocycles. The molecule has 0 spiro atoms. The zero-order valence-electron chi connectivity index (χ0n) is 11.1. The van der Waals surface area contributed by atoms with Crippen molar-refractivity contribution < 1.29 is 9.59 Å². The Bertz CT molecular complexity index is 447. The van der Waals surface area contributed by atoms with Crippen LogP contribution in [0.2, 0.25) is 0 Å². The molecule has 1 aromatic rings. The number of hydrogen-bond acceptors (Lipinski definition) is 3. The van der Waals surface area contributed by atoms with Crippen LogP contribution in [0, 0.1) is 0 Å². The first-order valence-electron chi connectivity index (χ1n) is 6.52. The number of nitrogens with zero attached hydrogens (tertiary/aromatic N) is 1. The van der Waals surface area contributed by atoms with Gasteiger partial charge in [0.1, 0.15) is 0 Å². The summed E-state index contributed by atoms with van der Waals surface area (Å²) in [7, 11) is 0. The van der Waals surface area contributed by atoms with Gasteiger partial charge in [-0.2, -0.15) is 0 Å². The number of hydrogen-bond donors (Lipinski definition) is 2. The fraction of sp³-hybridized carbons (Fsp3) is 0.429. The van der Waals surface area contributed by atoms with Gasteiger partial charge in [-0.25, -0.2) is 0 Å². The molecule has 0 bridgehead atoms. The Morgan fingerprint density at radius 2 is 2.11 bits per heavy atom. The molecule has 0 radical (unpaired) electrons. The predicted octanol–water partition coefficient (Wildman–Crippen LogP) is 0.237. The van der Waals surface area contributed by atoms with Crippen molar-refractivity contribution >= 4 is 11.8 Å². The minimum absolute atomic E-state index is 0.0294. The Balaban J connectivity index is 1.85. The number of rotatable bonds is 3. The Morgan fingerprint density at radius 3 is 2.79 bits per heavy atom. The number of carbonyl (C=O) groups excluding carboxylic acids is 2. The van der Waals surface area contributed by atoms with E-state index in [1.807, 2.05) is 17.9 Å². The highest BCUT2D eigenvalue weighted by atomic mass is 16.2. The van der Waals surface area contributed by atoms with E-state index in [0.717, 1.165) is 13.1 Å². The van der Waals surface area contributed by atoms with E-state index in [9.17, 15) is 9.59 Å². The first kappa shape index (κ1) is 13.5. The maximum Gasteiger partial charge on any atom is 0.251 e. The number of nitrogens with one attached hydrogen (secondary N) is 2. The summed E-state index contributed by atoms with van der Waals surface area (Å²) in [6, 6.07) is 9.09. The van der Waals surface area contributed by atoms with Crippen molar-refractivity contribution in [2.75, 3.05) is 26.2 Å². The molecule has 0 saturated carbocycles. The van der Waals surface area contributed by atoms with E-state index < -0.39 is 0 Å². The van der Waals surface area contributed by atoms with Gasteiger partial charge in [0.15, 0.2) is 0 Å². The molecule has 102 valence electrons. The summed E-state index contributed by atoms with van der Waals surface area (Å²) in [6.45, 7) is 4.36. The van der Waals surface area contributed by atoms with Crippen LogP contribution in [0.3, 0.4) is 0 Å². The van der Waals surface area contributed by atoms with Crippen LogP contribution in [0.5, 0.6) is 0 Å². The van der Waals surface area contributed by atoms with Gasteiger partial charge in [0.2, 0.25) is 5.91 Å². The van der Waals surface area contributed by atoms with Crippen molar-refractivity contribution in [3.05, 3.63) is 35.9 Å². The van der Waals surface area contributed by atoms with Crippen LogP contribution in [0.1, 0.15) is 17.3 Å². The standard InChI is InChI=1S/C14H19N3O2/c1-11-9-15-7-8-17(11)13(18)10-16-14(19)12-5-3-2-4-6-12/h2-6,11,15H,7-10H2,1H3,(H,16,19)/t11-/m0/s1. The minimum atomic E-state index is -0.211. The maximum atomic E-state index is 12.0. The van der Waals surface area contributed by atoms with Crippen LogP contribution in [0.25, 0.3) is 0 Å². The quantitative estimate of drug-likeness (QED) is 0.819. The van der Waals surface area contributed by atoms with Gasteiger partial charge in [-0.3, -0.25) is 9.59 Å². The van der Waals surface area contributed by atoms with Crippen molar-refractivity contribution in [3.63, 3.8) is 0 Å². The normalized spacial score (nSPS) is 19.0. The molecule has 5 heteroatoms. The number of benzene rings is 1. The Morgan fingerprint density at radius 1 is 1.37 bits per heavy atom. The lowest BCUT2D eigenvalue weighted by Crippen LogP contribution is -2.54. The van der Waals surface area contributed by atoms with Crippen LogP contribution in [-0.4, -0.2) is 48.9 Å². The Hall–Kier alpha value is -1.88. The Labute approximate surface area is 113 Å². The van der Waals surface area contributed by atoms with E-state index in [0.29, 0.717) is 12.1 Å². The van der Waals surface area contributed by atoms with E-state index in [1.54, 1.807) is 24.3 Å². The summed E-state index contributed by atoms with van der Waals surface area (Å²) in [6.07, 6.45) is 0. The summed E-state index contributed by atoms with van der Waals surface area (Å²) < 4.78 is 0. The number of carbonyl (C=O) groups is 2. The SMILES string of the molecule is C[C@H]1CNCCN1C(=O)CNC(=O)c1ccccc1. The fourth-order valence-corrected chi connectivity index (χ4v) is 2.16. The average Bonchev–Trinajstić information content (AvgIpc) is 2.46. The van der Waals surface area contributed by atoms with E-state index in [4.69, 9.17) is 0 Å². The van der Waals surface area contributed by atoms with Gasteiger partial charge >= 0.3 is 0 Å². The molecular weight excluding hydrogens is 242 g/mol. The summed E-state index contributed by atoms with van der Waals surface area (Å²) in [5.74, 6) is -0.241. The highest BCUT2D eigenvalue weighted by Gasteiger charge is 2.22. The molecule has 2 amide bonds. The van der Waals surface area contributed by atoms with Crippen molar-refractivity contribution in [2.24, 2.45) is 0 Å². The Kier molecular flexibility index (Phi) is 4.52. The highest BCUT2D eigenvalue weighted by molar-refractivity contribution is 5.96. The third kappa shape index (κ3) is 3.54. The molecule has 19 heavy (non-hydrogen) atoms. The van der Waals surface area contributed by atoms with E-state index in [2.05, 4.69) is 10.6 Å². The molecule has 2 rings (SSSR count). The lowest BCUT2D eigenvalue weighted by Gasteiger charge is -2.34. The van der Waals surface area contributed by atoms with Crippen LogP contribution < -0.4 is 10.6 Å². The van der Waals surface area contributed by atoms with Crippen molar-refractivity contribution in [1.82, 2.24) is 15.5 Å². The van der Waals surface area contributed by atoms with Gasteiger partial charge < -0.3 is 15.5 Å². The van der Waals surface area contributed by atoms with Crippen LogP contribution in [-0.2, 0) is 4.79 Å². The third-order valence-corrected chi connectivity index (χ3v) is 3.26. The number of piperazine rings is 1. The van der Waals surface area contributed by atoms with Crippen LogP contribution in [0.15, 0.2) is 30.3 Å². The molecule has 5 nitrogen and oxygen atoms in total. The largest absolute Gasteiger partial charge is 0.343 e. The number of amides is 2. The van der Waals surface area contributed by atoms with Gasteiger partial charge in [-0.1, -0.05) is 18.2 Å². The molecule has 1 atom stereocenters. The molecule has 1 saturated heterocycles. The molecule has 0 aromatic heterocycles. The van der Waals surface area contributed by atoms with Gasteiger partial charge in [0, 0.05) is 31.2 Å². The second-order valence-electron chi connectivity index (χ2n) is 4.69. The van der Waals surface area contributed by atoms with Crippen molar-refractivity contribution in [1.29, 1.82) is 0 Å². The van der Waals surface area contributed by atoms with Gasteiger partial charge in [0.05, 0.1) is 6.54 Å². The van der Waals surface area contributed by atoms with Crippen LogP contribution >= 0.6 is 0 Å². The highest BCUT2D eigenvalue weighted by Crippen LogP contribution is 2.03. The first-order chi connectivity index (χ1) is 9.18. The molecule has 1 aliphatic rings. The average molecular weight is 261 g/mol. The minimum Gasteiger partial charge on any atom is -0.343 e. The third-order valence-electron chi connectivity index (χ3n) is 3.26. The summed E-state index contributed by atoms with van der Waals surface area (Å²) in [4.78, 5) is 25.7. The van der Waals surface area contributed by atoms with E-state index in [-0.39, 0.29) is 24.4 Å². The lowest BCUT2D eigenvalue weighted by atomic mass is 10.2. The fourth-order valence-electron chi connectivity index (χ4n) is 2.16. The van der Waals surface area contributed by atoms with Gasteiger partial charge in [0.25, 0.3) is 5.91 Å². The summed E-state index contributed by atoms with van der Waals surface area (Å²) in [5, 5.41) is 5.89. The van der Waals surface area contributed by atoms with Gasteiger partial charge in [-0.05, 0) is 19.1 Å². The second kappa shape index (κ2) is 6.33. The monoisotopic (exact) mass is 261 g/mol. The molecular formula is C14H19N3O2. The molecule has 0 unspecified atom stereocenters. The summed E-state index contributed by atoms with van der Waals surface area (Å²) in [5.41, 5.74) is 0.573. The second-order valence-corrected chi connectivity index (χ2v) is 4.69. The molecule has 0 aliphatic carbocycles. The first-order valence-corrected chi connectivity index (χ1v) is 6.52. The van der Waals surface area contributed by atoms with E-state index >= 15 is 0 Å². The zero-order valence-corrected chi connectivity index (χ0v) is 11.1. The molecule has 1 aliphatic heterocycles. The molecule has 2 N–H and O–H groups in total. The molecule has 1 fully saturated rings. The van der Waals surface area contributed by atoms with Crippen molar-refractivity contribution in [3.8, 4) is 0 Å². The lowest BCUT2D eigenvalue weighted by molar-refractivity contribution is -0.132. The van der Waals surface area contributed by atoms with Crippen LogP contribution in [0.4, 0.5) is 0 Å². The molecule has 1 aromatic carbocycles. The topological polar surface area (TPSA) is 61.4 Å². The zero-order chi connectivity index (χ0) is 13.7. The maximum absolute atomic E-state index is 12.0. The smallest absolute Gasteiger partial charge is 0.251 e. The van der Waals surface area contributed by atoms with Gasteiger partial charge in [-0.15, -0.1) is 0 Å². The van der Waals surface area contributed by atoms with E-state index in [1.165, 1.54) is 0 Å². The summed E-state index contributed by atoms with van der Waals surface area (Å²) >= 11 is 0.